The summed E-state index contributed by atoms with van der Waals surface area (Å²) in [6.45, 7) is 3.69. The van der Waals surface area contributed by atoms with Gasteiger partial charge in [0, 0.05) is 42.0 Å². The highest BCUT2D eigenvalue weighted by molar-refractivity contribution is 5.91. The highest BCUT2D eigenvalue weighted by Crippen LogP contribution is 2.28. The van der Waals surface area contributed by atoms with E-state index in [4.69, 9.17) is 14.4 Å². The first-order valence-corrected chi connectivity index (χ1v) is 8.28. The van der Waals surface area contributed by atoms with Gasteiger partial charge in [-0.15, -0.1) is 0 Å². The summed E-state index contributed by atoms with van der Waals surface area (Å²) < 4.78 is 5.21. The van der Waals surface area contributed by atoms with Crippen molar-refractivity contribution in [3.8, 4) is 11.4 Å². The Morgan fingerprint density at radius 2 is 1.96 bits per heavy atom. The molecule has 4 aromatic rings. The van der Waals surface area contributed by atoms with Crippen LogP contribution in [0.25, 0.3) is 22.3 Å². The lowest BCUT2D eigenvalue weighted by atomic mass is 10.2. The van der Waals surface area contributed by atoms with E-state index in [2.05, 4.69) is 22.9 Å². The maximum atomic E-state index is 5.21. The van der Waals surface area contributed by atoms with Crippen molar-refractivity contribution in [3.05, 3.63) is 72.9 Å². The number of rotatable bonds is 5. The van der Waals surface area contributed by atoms with Crippen LogP contribution in [0.2, 0.25) is 0 Å². The van der Waals surface area contributed by atoms with Crippen molar-refractivity contribution in [1.29, 1.82) is 0 Å². The quantitative estimate of drug-likeness (QED) is 0.546. The predicted octanol–water partition coefficient (Wildman–Crippen LogP) is 4.31. The molecule has 0 aliphatic rings. The summed E-state index contributed by atoms with van der Waals surface area (Å²) in [5, 5.41) is 1.04. The van der Waals surface area contributed by atoms with Gasteiger partial charge in [-0.1, -0.05) is 12.1 Å². The van der Waals surface area contributed by atoms with Gasteiger partial charge in [-0.05, 0) is 37.3 Å². The molecular formula is C20H18N4O. The number of hydrogen-bond acceptors (Lipinski definition) is 5. The minimum absolute atomic E-state index is 0.687. The number of nitrogens with zero attached hydrogens (tertiary/aromatic N) is 4. The van der Waals surface area contributed by atoms with Crippen LogP contribution in [0.5, 0.6) is 0 Å². The zero-order valence-corrected chi connectivity index (χ0v) is 14.0. The van der Waals surface area contributed by atoms with Crippen LogP contribution >= 0.6 is 0 Å². The van der Waals surface area contributed by atoms with E-state index in [1.54, 1.807) is 24.9 Å². The average molecular weight is 330 g/mol. The largest absolute Gasteiger partial charge is 0.472 e. The molecule has 0 fully saturated rings. The van der Waals surface area contributed by atoms with E-state index in [1.807, 2.05) is 36.4 Å². The highest BCUT2D eigenvalue weighted by atomic mass is 16.3. The minimum atomic E-state index is 0.687. The topological polar surface area (TPSA) is 55.1 Å². The van der Waals surface area contributed by atoms with E-state index in [-0.39, 0.29) is 0 Å². The molecule has 0 atom stereocenters. The Labute approximate surface area is 146 Å². The molecule has 0 saturated carbocycles. The van der Waals surface area contributed by atoms with Gasteiger partial charge >= 0.3 is 0 Å². The second kappa shape index (κ2) is 6.73. The molecule has 5 heteroatoms. The van der Waals surface area contributed by atoms with Crippen molar-refractivity contribution in [1.82, 2.24) is 15.0 Å². The second-order valence-corrected chi connectivity index (χ2v) is 5.78. The van der Waals surface area contributed by atoms with E-state index in [1.165, 1.54) is 0 Å². The number of hydrogen-bond donors (Lipinski definition) is 0. The molecule has 0 spiro atoms. The van der Waals surface area contributed by atoms with Crippen molar-refractivity contribution in [3.63, 3.8) is 0 Å². The summed E-state index contributed by atoms with van der Waals surface area (Å²) >= 11 is 0. The second-order valence-electron chi connectivity index (χ2n) is 5.78. The summed E-state index contributed by atoms with van der Waals surface area (Å²) in [6.07, 6.45) is 7.01. The van der Waals surface area contributed by atoms with Gasteiger partial charge in [0.15, 0.2) is 5.82 Å². The monoisotopic (exact) mass is 330 g/mol. The molecule has 5 nitrogen and oxygen atoms in total. The van der Waals surface area contributed by atoms with Crippen LogP contribution in [0.3, 0.4) is 0 Å². The van der Waals surface area contributed by atoms with E-state index >= 15 is 0 Å². The highest BCUT2D eigenvalue weighted by Gasteiger charge is 2.15. The Bertz CT molecular complexity index is 968. The Morgan fingerprint density at radius 1 is 1.04 bits per heavy atom. The number of fused-ring (bicyclic) bond motifs is 1. The van der Waals surface area contributed by atoms with Crippen LogP contribution in [0, 0.1) is 0 Å². The van der Waals surface area contributed by atoms with Crippen LogP contribution in [-0.2, 0) is 6.54 Å². The molecule has 0 amide bonds. The van der Waals surface area contributed by atoms with Crippen molar-refractivity contribution < 1.29 is 4.42 Å². The van der Waals surface area contributed by atoms with Crippen molar-refractivity contribution >= 4 is 16.7 Å². The fourth-order valence-corrected chi connectivity index (χ4v) is 2.86. The Hall–Kier alpha value is -3.21. The summed E-state index contributed by atoms with van der Waals surface area (Å²) in [4.78, 5) is 16.0. The molecule has 0 unspecified atom stereocenters. The molecule has 0 N–H and O–H groups in total. The maximum absolute atomic E-state index is 5.21. The molecule has 1 aromatic carbocycles. The van der Waals surface area contributed by atoms with Crippen LogP contribution in [0.1, 0.15) is 12.5 Å². The molecule has 0 aliphatic carbocycles. The Kier molecular flexibility index (Phi) is 4.12. The maximum Gasteiger partial charge on any atom is 0.163 e. The fraction of sp³-hybridized carbons (Fsp3) is 0.150. The SMILES string of the molecule is CCN(Cc1ccoc1)c1nc(-c2cccnc2)nc2ccccc12. The Balaban J connectivity index is 1.85. The number of furan rings is 1. The third-order valence-electron chi connectivity index (χ3n) is 4.14. The third kappa shape index (κ3) is 3.08. The van der Waals surface area contributed by atoms with Gasteiger partial charge < -0.3 is 9.32 Å². The minimum Gasteiger partial charge on any atom is -0.472 e. The third-order valence-corrected chi connectivity index (χ3v) is 4.14. The van der Waals surface area contributed by atoms with Gasteiger partial charge in [-0.25, -0.2) is 9.97 Å². The van der Waals surface area contributed by atoms with Gasteiger partial charge in [0.25, 0.3) is 0 Å². The van der Waals surface area contributed by atoms with Crippen molar-refractivity contribution in [2.45, 2.75) is 13.5 Å². The summed E-state index contributed by atoms with van der Waals surface area (Å²) in [6, 6.07) is 14.0. The number of aromatic nitrogens is 3. The number of benzene rings is 1. The number of pyridine rings is 1. The van der Waals surface area contributed by atoms with Crippen molar-refractivity contribution in [2.75, 3.05) is 11.4 Å². The molecule has 0 bridgehead atoms. The van der Waals surface area contributed by atoms with E-state index in [0.29, 0.717) is 5.82 Å². The first-order chi connectivity index (χ1) is 12.3. The van der Waals surface area contributed by atoms with Gasteiger partial charge in [0.2, 0.25) is 0 Å². The molecule has 25 heavy (non-hydrogen) atoms. The van der Waals surface area contributed by atoms with E-state index < -0.39 is 0 Å². The molecule has 0 aliphatic heterocycles. The summed E-state index contributed by atoms with van der Waals surface area (Å²) in [5.74, 6) is 1.61. The number of para-hydroxylation sites is 1. The average Bonchev–Trinajstić information content (AvgIpc) is 3.19. The van der Waals surface area contributed by atoms with E-state index in [9.17, 15) is 0 Å². The standard InChI is InChI=1S/C20H18N4O/c1-2-24(13-15-9-11-25-14-15)20-17-7-3-4-8-18(17)22-19(23-20)16-6-5-10-21-12-16/h3-12,14H,2,13H2,1H3. The lowest BCUT2D eigenvalue weighted by Gasteiger charge is -2.23. The molecule has 4 rings (SSSR count). The van der Waals surface area contributed by atoms with Gasteiger partial charge in [-0.3, -0.25) is 4.98 Å². The van der Waals surface area contributed by atoms with Crippen LogP contribution < -0.4 is 4.90 Å². The van der Waals surface area contributed by atoms with E-state index in [0.717, 1.165) is 40.9 Å². The predicted molar refractivity (Wildman–Crippen MR) is 98.2 cm³/mol. The van der Waals surface area contributed by atoms with Crippen LogP contribution in [0.4, 0.5) is 5.82 Å². The summed E-state index contributed by atoms with van der Waals surface area (Å²) in [7, 11) is 0. The van der Waals surface area contributed by atoms with Gasteiger partial charge in [-0.2, -0.15) is 0 Å². The summed E-state index contributed by atoms with van der Waals surface area (Å²) in [5.41, 5.74) is 2.96. The zero-order chi connectivity index (χ0) is 17.1. The molecule has 124 valence electrons. The molecule has 0 radical (unpaired) electrons. The lowest BCUT2D eigenvalue weighted by molar-refractivity contribution is 0.563. The number of anilines is 1. The molecule has 3 heterocycles. The van der Waals surface area contributed by atoms with Crippen LogP contribution in [-0.4, -0.2) is 21.5 Å². The first-order valence-electron chi connectivity index (χ1n) is 8.28. The van der Waals surface area contributed by atoms with Crippen LogP contribution in [0.15, 0.2) is 71.8 Å². The zero-order valence-electron chi connectivity index (χ0n) is 14.0. The van der Waals surface area contributed by atoms with Gasteiger partial charge in [0.05, 0.1) is 18.0 Å². The molecule has 0 saturated heterocycles. The Morgan fingerprint density at radius 3 is 2.72 bits per heavy atom. The smallest absolute Gasteiger partial charge is 0.163 e. The fourth-order valence-electron chi connectivity index (χ4n) is 2.86. The molecule has 3 aromatic heterocycles. The lowest BCUT2D eigenvalue weighted by Crippen LogP contribution is -2.23. The van der Waals surface area contributed by atoms with Gasteiger partial charge in [0.1, 0.15) is 5.82 Å². The normalized spacial score (nSPS) is 10.9. The molecular weight excluding hydrogens is 312 g/mol. The van der Waals surface area contributed by atoms with Crippen molar-refractivity contribution in [2.24, 2.45) is 0 Å². The first kappa shape index (κ1) is 15.3.